The molecule has 0 saturated carbocycles. The van der Waals surface area contributed by atoms with Crippen molar-refractivity contribution in [2.24, 2.45) is 0 Å². The molecule has 0 aliphatic heterocycles. The monoisotopic (exact) mass is 312 g/mol. The lowest BCUT2D eigenvalue weighted by Gasteiger charge is -2.18. The van der Waals surface area contributed by atoms with Gasteiger partial charge in [-0.1, -0.05) is 12.1 Å². The summed E-state index contributed by atoms with van der Waals surface area (Å²) < 4.78 is 0. The molecule has 1 N–H and O–H groups in total. The molecule has 0 saturated heterocycles. The van der Waals surface area contributed by atoms with Crippen LogP contribution >= 0.6 is 0 Å². The number of carbonyl (C=O) groups is 1. The van der Waals surface area contributed by atoms with Crippen molar-refractivity contribution in [3.63, 3.8) is 0 Å². The number of aryl methyl sites for hydroxylation is 3. The highest BCUT2D eigenvalue weighted by atomic mass is 16.6. The lowest BCUT2D eigenvalue weighted by molar-refractivity contribution is -0.384. The molecule has 0 unspecified atom stereocenters. The van der Waals surface area contributed by atoms with Crippen LogP contribution in [-0.2, 0) is 0 Å². The third-order valence-corrected chi connectivity index (χ3v) is 4.04. The van der Waals surface area contributed by atoms with Gasteiger partial charge in [-0.25, -0.2) is 0 Å². The van der Waals surface area contributed by atoms with Gasteiger partial charge in [0.25, 0.3) is 11.6 Å². The van der Waals surface area contributed by atoms with Gasteiger partial charge in [0.1, 0.15) is 0 Å². The first-order valence-corrected chi connectivity index (χ1v) is 7.42. The van der Waals surface area contributed by atoms with Crippen LogP contribution in [0.3, 0.4) is 0 Å². The smallest absolute Gasteiger partial charge is 0.269 e. The minimum absolute atomic E-state index is 0.0281. The van der Waals surface area contributed by atoms with Crippen LogP contribution < -0.4 is 5.32 Å². The summed E-state index contributed by atoms with van der Waals surface area (Å²) in [5.74, 6) is -0.245. The van der Waals surface area contributed by atoms with Crippen molar-refractivity contribution in [2.75, 3.05) is 0 Å². The Kier molecular flexibility index (Phi) is 4.79. The molecule has 0 spiro atoms. The fourth-order valence-corrected chi connectivity index (χ4v) is 2.54. The quantitative estimate of drug-likeness (QED) is 0.685. The molecule has 120 valence electrons. The number of amides is 1. The second-order valence-corrected chi connectivity index (χ2v) is 5.79. The van der Waals surface area contributed by atoms with E-state index in [1.807, 2.05) is 20.8 Å². The third kappa shape index (κ3) is 3.74. The van der Waals surface area contributed by atoms with Crippen molar-refractivity contribution < 1.29 is 9.72 Å². The average molecular weight is 312 g/mol. The highest BCUT2D eigenvalue weighted by Crippen LogP contribution is 2.22. The number of nitro groups is 1. The Balaban J connectivity index is 2.16. The Morgan fingerprint density at radius 2 is 1.61 bits per heavy atom. The van der Waals surface area contributed by atoms with Gasteiger partial charge in [-0.3, -0.25) is 14.9 Å². The summed E-state index contributed by atoms with van der Waals surface area (Å²) in [6.07, 6.45) is 0. The first kappa shape index (κ1) is 16.7. The molecule has 1 atom stereocenters. The topological polar surface area (TPSA) is 72.2 Å². The number of hydrogen-bond donors (Lipinski definition) is 1. The summed E-state index contributed by atoms with van der Waals surface area (Å²) >= 11 is 0. The van der Waals surface area contributed by atoms with Gasteiger partial charge in [-0.05, 0) is 62.1 Å². The highest BCUT2D eigenvalue weighted by molar-refractivity contribution is 5.94. The number of rotatable bonds is 4. The zero-order valence-corrected chi connectivity index (χ0v) is 13.7. The van der Waals surface area contributed by atoms with Gasteiger partial charge in [0, 0.05) is 17.7 Å². The van der Waals surface area contributed by atoms with Gasteiger partial charge in [0.05, 0.1) is 11.0 Å². The number of benzene rings is 2. The molecule has 2 aromatic rings. The van der Waals surface area contributed by atoms with Crippen molar-refractivity contribution >= 4 is 11.6 Å². The molecule has 0 heterocycles. The van der Waals surface area contributed by atoms with Crippen LogP contribution in [0.4, 0.5) is 5.69 Å². The Morgan fingerprint density at radius 1 is 1.04 bits per heavy atom. The zero-order valence-electron chi connectivity index (χ0n) is 13.7. The van der Waals surface area contributed by atoms with Gasteiger partial charge >= 0.3 is 0 Å². The molecule has 23 heavy (non-hydrogen) atoms. The van der Waals surface area contributed by atoms with E-state index >= 15 is 0 Å². The van der Waals surface area contributed by atoms with Gasteiger partial charge in [-0.2, -0.15) is 0 Å². The van der Waals surface area contributed by atoms with Crippen LogP contribution in [0.25, 0.3) is 0 Å². The van der Waals surface area contributed by atoms with Gasteiger partial charge < -0.3 is 5.32 Å². The molecule has 0 fully saturated rings. The molecule has 0 aromatic heterocycles. The van der Waals surface area contributed by atoms with Crippen LogP contribution in [-0.4, -0.2) is 10.8 Å². The van der Waals surface area contributed by atoms with Crippen molar-refractivity contribution in [3.05, 3.63) is 74.3 Å². The maximum absolute atomic E-state index is 12.3. The van der Waals surface area contributed by atoms with Crippen LogP contribution in [0.5, 0.6) is 0 Å². The first-order chi connectivity index (χ1) is 10.8. The standard InChI is InChI=1S/C18H20N2O3/c1-11-9-13(3)17(10-12(11)2)14(4)19-18(21)15-5-7-16(8-6-15)20(22)23/h5-10,14H,1-4H3,(H,19,21)/t14-/m0/s1. The molecule has 5 heteroatoms. The lowest BCUT2D eigenvalue weighted by Crippen LogP contribution is -2.27. The van der Waals surface area contributed by atoms with E-state index in [-0.39, 0.29) is 17.6 Å². The number of carbonyl (C=O) groups excluding carboxylic acids is 1. The van der Waals surface area contributed by atoms with E-state index in [0.29, 0.717) is 5.56 Å². The summed E-state index contributed by atoms with van der Waals surface area (Å²) in [7, 11) is 0. The van der Waals surface area contributed by atoms with E-state index < -0.39 is 4.92 Å². The van der Waals surface area contributed by atoms with E-state index in [1.54, 1.807) is 0 Å². The van der Waals surface area contributed by atoms with E-state index in [2.05, 4.69) is 24.4 Å². The van der Waals surface area contributed by atoms with Crippen LogP contribution in [0.2, 0.25) is 0 Å². The number of nitro benzene ring substituents is 1. The molecule has 0 aliphatic rings. The van der Waals surface area contributed by atoms with Crippen molar-refractivity contribution in [2.45, 2.75) is 33.7 Å². The summed E-state index contributed by atoms with van der Waals surface area (Å²) in [5, 5.41) is 13.6. The molecule has 0 radical (unpaired) electrons. The minimum Gasteiger partial charge on any atom is -0.346 e. The Labute approximate surface area is 135 Å². The first-order valence-electron chi connectivity index (χ1n) is 7.42. The summed E-state index contributed by atoms with van der Waals surface area (Å²) in [6, 6.07) is 9.66. The lowest BCUT2D eigenvalue weighted by atomic mass is 9.96. The third-order valence-electron chi connectivity index (χ3n) is 4.04. The second-order valence-electron chi connectivity index (χ2n) is 5.79. The number of nitrogens with one attached hydrogen (secondary N) is 1. The van der Waals surface area contributed by atoms with Gasteiger partial charge in [0.15, 0.2) is 0 Å². The van der Waals surface area contributed by atoms with Crippen molar-refractivity contribution in [1.82, 2.24) is 5.32 Å². The number of hydrogen-bond acceptors (Lipinski definition) is 3. The molecular weight excluding hydrogens is 292 g/mol. The fraction of sp³-hybridized carbons (Fsp3) is 0.278. The van der Waals surface area contributed by atoms with E-state index in [9.17, 15) is 14.9 Å². The number of non-ortho nitro benzene ring substituents is 1. The molecule has 2 aromatic carbocycles. The molecule has 5 nitrogen and oxygen atoms in total. The Bertz CT molecular complexity index is 752. The molecule has 2 rings (SSSR count). The van der Waals surface area contributed by atoms with Crippen LogP contribution in [0, 0.1) is 30.9 Å². The minimum atomic E-state index is -0.483. The van der Waals surface area contributed by atoms with Gasteiger partial charge in [0.2, 0.25) is 0 Å². The van der Waals surface area contributed by atoms with E-state index in [4.69, 9.17) is 0 Å². The second kappa shape index (κ2) is 6.60. The largest absolute Gasteiger partial charge is 0.346 e. The molecular formula is C18H20N2O3. The molecule has 0 bridgehead atoms. The SMILES string of the molecule is Cc1cc(C)c([C@H](C)NC(=O)c2ccc([N+](=O)[O-])cc2)cc1C. The highest BCUT2D eigenvalue weighted by Gasteiger charge is 2.15. The van der Waals surface area contributed by atoms with E-state index in [1.165, 1.54) is 35.4 Å². The average Bonchev–Trinajstić information content (AvgIpc) is 2.50. The van der Waals surface area contributed by atoms with Crippen molar-refractivity contribution in [1.29, 1.82) is 0 Å². The van der Waals surface area contributed by atoms with E-state index in [0.717, 1.165) is 11.1 Å². The van der Waals surface area contributed by atoms with Gasteiger partial charge in [-0.15, -0.1) is 0 Å². The summed E-state index contributed by atoms with van der Waals surface area (Å²) in [6.45, 7) is 8.06. The maximum atomic E-state index is 12.3. The predicted octanol–water partition coefficient (Wildman–Crippen LogP) is 4.01. The normalized spacial score (nSPS) is 11.8. The zero-order chi connectivity index (χ0) is 17.1. The summed E-state index contributed by atoms with van der Waals surface area (Å²) in [4.78, 5) is 22.5. The number of nitrogens with zero attached hydrogens (tertiary/aromatic N) is 1. The maximum Gasteiger partial charge on any atom is 0.269 e. The fourth-order valence-electron chi connectivity index (χ4n) is 2.54. The van der Waals surface area contributed by atoms with Crippen LogP contribution in [0.15, 0.2) is 36.4 Å². The molecule has 1 amide bonds. The molecule has 0 aliphatic carbocycles. The van der Waals surface area contributed by atoms with Crippen LogP contribution in [0.1, 0.15) is 45.6 Å². The van der Waals surface area contributed by atoms with Crippen molar-refractivity contribution in [3.8, 4) is 0 Å². The summed E-state index contributed by atoms with van der Waals surface area (Å²) in [5.41, 5.74) is 4.98. The Hall–Kier alpha value is -2.69. The Morgan fingerprint density at radius 3 is 2.17 bits per heavy atom. The predicted molar refractivity (Wildman–Crippen MR) is 89.6 cm³/mol.